The van der Waals surface area contributed by atoms with Gasteiger partial charge in [0, 0.05) is 37.3 Å². The lowest BCUT2D eigenvalue weighted by Gasteiger charge is -2.22. The largest absolute Gasteiger partial charge is 0.367 e. The van der Waals surface area contributed by atoms with Crippen molar-refractivity contribution in [2.24, 2.45) is 5.73 Å². The summed E-state index contributed by atoms with van der Waals surface area (Å²) in [6, 6.07) is 4.79. The Bertz CT molecular complexity index is 603. The van der Waals surface area contributed by atoms with Crippen molar-refractivity contribution in [2.75, 3.05) is 23.3 Å². The molecule has 6 heteroatoms. The molecule has 0 spiro atoms. The summed E-state index contributed by atoms with van der Waals surface area (Å²) < 4.78 is 1.87. The molecule has 1 fully saturated rings. The lowest BCUT2D eigenvalue weighted by molar-refractivity contribution is 0.684. The van der Waals surface area contributed by atoms with E-state index < -0.39 is 0 Å². The van der Waals surface area contributed by atoms with Gasteiger partial charge in [-0.15, -0.1) is 0 Å². The SMILES string of the molecule is CCN(CC)c1cc(N[C@H]2CC[C@H](N)C2)n2nccc2n1. The molecule has 2 aromatic rings. The zero-order valence-corrected chi connectivity index (χ0v) is 12.8. The molecular formula is C15H24N6. The number of nitrogens with two attached hydrogens (primary N) is 1. The number of hydrogen-bond acceptors (Lipinski definition) is 5. The Hall–Kier alpha value is -1.82. The van der Waals surface area contributed by atoms with Crippen molar-refractivity contribution in [3.63, 3.8) is 0 Å². The highest BCUT2D eigenvalue weighted by Crippen LogP contribution is 2.24. The number of anilines is 2. The summed E-state index contributed by atoms with van der Waals surface area (Å²) in [4.78, 5) is 6.94. The monoisotopic (exact) mass is 288 g/mol. The van der Waals surface area contributed by atoms with Gasteiger partial charge in [0.15, 0.2) is 5.65 Å². The van der Waals surface area contributed by atoms with Crippen molar-refractivity contribution < 1.29 is 0 Å². The van der Waals surface area contributed by atoms with Crippen LogP contribution in [0.4, 0.5) is 11.6 Å². The van der Waals surface area contributed by atoms with Crippen LogP contribution in [-0.4, -0.2) is 39.8 Å². The Morgan fingerprint density at radius 3 is 2.86 bits per heavy atom. The number of aromatic nitrogens is 3. The number of rotatable bonds is 5. The molecule has 0 radical (unpaired) electrons. The second-order valence-electron chi connectivity index (χ2n) is 5.69. The molecular weight excluding hydrogens is 264 g/mol. The fraction of sp³-hybridized carbons (Fsp3) is 0.600. The first-order valence-electron chi connectivity index (χ1n) is 7.83. The minimum absolute atomic E-state index is 0.319. The zero-order valence-electron chi connectivity index (χ0n) is 12.8. The Kier molecular flexibility index (Phi) is 3.96. The van der Waals surface area contributed by atoms with E-state index in [0.717, 1.165) is 49.6 Å². The Labute approximate surface area is 125 Å². The fourth-order valence-corrected chi connectivity index (χ4v) is 3.07. The number of fused-ring (bicyclic) bond motifs is 1. The van der Waals surface area contributed by atoms with Crippen molar-refractivity contribution in [3.05, 3.63) is 18.3 Å². The van der Waals surface area contributed by atoms with Crippen molar-refractivity contribution >= 4 is 17.3 Å². The fourth-order valence-electron chi connectivity index (χ4n) is 3.07. The van der Waals surface area contributed by atoms with Crippen LogP contribution in [0.25, 0.3) is 5.65 Å². The van der Waals surface area contributed by atoms with Crippen LogP contribution in [0.3, 0.4) is 0 Å². The van der Waals surface area contributed by atoms with Crippen LogP contribution in [0, 0.1) is 0 Å². The maximum atomic E-state index is 6.01. The first-order chi connectivity index (χ1) is 10.2. The maximum Gasteiger partial charge on any atom is 0.159 e. The molecule has 0 aromatic carbocycles. The summed E-state index contributed by atoms with van der Waals surface area (Å²) in [6.45, 7) is 6.19. The molecule has 0 bridgehead atoms. The van der Waals surface area contributed by atoms with Crippen LogP contribution >= 0.6 is 0 Å². The minimum Gasteiger partial charge on any atom is -0.367 e. The third kappa shape index (κ3) is 2.81. The van der Waals surface area contributed by atoms with Gasteiger partial charge in [0.1, 0.15) is 11.6 Å². The molecule has 3 rings (SSSR count). The molecule has 0 saturated heterocycles. The maximum absolute atomic E-state index is 6.01. The summed E-state index contributed by atoms with van der Waals surface area (Å²) in [7, 11) is 0. The van der Waals surface area contributed by atoms with Crippen LogP contribution in [0.2, 0.25) is 0 Å². The Morgan fingerprint density at radius 1 is 1.38 bits per heavy atom. The second kappa shape index (κ2) is 5.89. The van der Waals surface area contributed by atoms with Gasteiger partial charge in [0.05, 0.1) is 6.20 Å². The van der Waals surface area contributed by atoms with Gasteiger partial charge in [-0.2, -0.15) is 9.61 Å². The normalized spacial score (nSPS) is 21.9. The van der Waals surface area contributed by atoms with Crippen molar-refractivity contribution in [1.82, 2.24) is 14.6 Å². The Morgan fingerprint density at radius 2 is 2.19 bits per heavy atom. The Balaban J connectivity index is 1.93. The van der Waals surface area contributed by atoms with Gasteiger partial charge in [0.25, 0.3) is 0 Å². The molecule has 3 N–H and O–H groups in total. The number of hydrogen-bond donors (Lipinski definition) is 2. The van der Waals surface area contributed by atoms with Gasteiger partial charge in [0.2, 0.25) is 0 Å². The van der Waals surface area contributed by atoms with Crippen molar-refractivity contribution in [3.8, 4) is 0 Å². The van der Waals surface area contributed by atoms with E-state index in [1.165, 1.54) is 0 Å². The molecule has 2 heterocycles. The topological polar surface area (TPSA) is 71.5 Å². The van der Waals surface area contributed by atoms with Crippen LogP contribution in [0.15, 0.2) is 18.3 Å². The molecule has 2 atom stereocenters. The van der Waals surface area contributed by atoms with Gasteiger partial charge in [-0.3, -0.25) is 0 Å². The highest BCUT2D eigenvalue weighted by Gasteiger charge is 2.22. The third-order valence-corrected chi connectivity index (χ3v) is 4.26. The lowest BCUT2D eigenvalue weighted by atomic mass is 10.2. The van der Waals surface area contributed by atoms with E-state index in [9.17, 15) is 0 Å². The van der Waals surface area contributed by atoms with Gasteiger partial charge in [-0.1, -0.05) is 0 Å². The molecule has 0 amide bonds. The van der Waals surface area contributed by atoms with E-state index in [4.69, 9.17) is 5.73 Å². The van der Waals surface area contributed by atoms with Gasteiger partial charge >= 0.3 is 0 Å². The third-order valence-electron chi connectivity index (χ3n) is 4.26. The highest BCUT2D eigenvalue weighted by molar-refractivity contribution is 5.58. The average Bonchev–Trinajstić information content (AvgIpc) is 3.09. The van der Waals surface area contributed by atoms with E-state index in [-0.39, 0.29) is 0 Å². The molecule has 1 aliphatic carbocycles. The molecule has 0 unspecified atom stereocenters. The predicted molar refractivity (Wildman–Crippen MR) is 85.8 cm³/mol. The smallest absolute Gasteiger partial charge is 0.159 e. The quantitative estimate of drug-likeness (QED) is 0.879. The molecule has 1 saturated carbocycles. The summed E-state index contributed by atoms with van der Waals surface area (Å²) in [5.41, 5.74) is 6.89. The van der Waals surface area contributed by atoms with Crippen LogP contribution in [-0.2, 0) is 0 Å². The predicted octanol–water partition coefficient (Wildman–Crippen LogP) is 1.87. The van der Waals surface area contributed by atoms with E-state index in [1.54, 1.807) is 6.20 Å². The van der Waals surface area contributed by atoms with Gasteiger partial charge in [-0.25, -0.2) is 4.98 Å². The van der Waals surface area contributed by atoms with E-state index >= 15 is 0 Å². The molecule has 2 aromatic heterocycles. The van der Waals surface area contributed by atoms with Crippen molar-refractivity contribution in [1.29, 1.82) is 0 Å². The molecule has 6 nitrogen and oxygen atoms in total. The second-order valence-corrected chi connectivity index (χ2v) is 5.69. The highest BCUT2D eigenvalue weighted by atomic mass is 15.3. The van der Waals surface area contributed by atoms with E-state index in [0.29, 0.717) is 12.1 Å². The lowest BCUT2D eigenvalue weighted by Crippen LogP contribution is -2.25. The van der Waals surface area contributed by atoms with Crippen LogP contribution in [0.1, 0.15) is 33.1 Å². The minimum atomic E-state index is 0.319. The summed E-state index contributed by atoms with van der Waals surface area (Å²) in [5, 5.41) is 7.97. The molecule has 114 valence electrons. The molecule has 1 aliphatic rings. The number of nitrogens with zero attached hydrogens (tertiary/aromatic N) is 4. The first-order valence-corrected chi connectivity index (χ1v) is 7.83. The summed E-state index contributed by atoms with van der Waals surface area (Å²) in [5.74, 6) is 2.00. The van der Waals surface area contributed by atoms with Gasteiger partial charge in [-0.05, 0) is 33.1 Å². The van der Waals surface area contributed by atoms with Crippen LogP contribution < -0.4 is 16.0 Å². The first kappa shape index (κ1) is 14.1. The van der Waals surface area contributed by atoms with E-state index in [1.807, 2.05) is 10.6 Å². The average molecular weight is 288 g/mol. The zero-order chi connectivity index (χ0) is 14.8. The number of nitrogens with one attached hydrogen (secondary N) is 1. The molecule has 21 heavy (non-hydrogen) atoms. The standard InChI is InChI=1S/C15H24N6/c1-3-20(4-2)14-10-15(18-12-6-5-11(16)9-12)21-13(19-14)7-8-17-21/h7-8,10-12,18H,3-6,9,16H2,1-2H3/t11-,12-/m0/s1. The summed E-state index contributed by atoms with van der Waals surface area (Å²) in [6.07, 6.45) is 5.02. The van der Waals surface area contributed by atoms with E-state index in [2.05, 4.69) is 40.2 Å². The molecule has 0 aliphatic heterocycles. The van der Waals surface area contributed by atoms with Gasteiger partial charge < -0.3 is 16.0 Å². The van der Waals surface area contributed by atoms with Crippen LogP contribution in [0.5, 0.6) is 0 Å². The summed E-state index contributed by atoms with van der Waals surface area (Å²) >= 11 is 0. The van der Waals surface area contributed by atoms with Crippen molar-refractivity contribution in [2.45, 2.75) is 45.2 Å².